The van der Waals surface area contributed by atoms with Gasteiger partial charge in [0.2, 0.25) is 0 Å². The van der Waals surface area contributed by atoms with E-state index in [1.165, 1.54) is 24.0 Å². The van der Waals surface area contributed by atoms with Crippen molar-refractivity contribution >= 4 is 52.9 Å². The number of H-pyrrole nitrogens is 1. The van der Waals surface area contributed by atoms with Gasteiger partial charge in [-0.2, -0.15) is 13.2 Å². The third-order valence-corrected chi connectivity index (χ3v) is 8.81. The smallest absolute Gasteiger partial charge is 0.417 e. The monoisotopic (exact) mass is 580 g/mol. The fourth-order valence-corrected chi connectivity index (χ4v) is 6.37. The highest BCUT2D eigenvalue weighted by Crippen LogP contribution is 2.51. The van der Waals surface area contributed by atoms with E-state index in [1.54, 1.807) is 12.1 Å². The lowest BCUT2D eigenvalue weighted by Crippen LogP contribution is -2.66. The van der Waals surface area contributed by atoms with Gasteiger partial charge >= 0.3 is 6.18 Å². The summed E-state index contributed by atoms with van der Waals surface area (Å²) < 4.78 is 51.9. The molecular formula is C26H27F3N4O4S2. The van der Waals surface area contributed by atoms with Gasteiger partial charge < -0.3 is 25.1 Å². The van der Waals surface area contributed by atoms with Gasteiger partial charge in [0, 0.05) is 22.6 Å². The molecule has 2 saturated heterocycles. The number of aromatic amines is 1. The summed E-state index contributed by atoms with van der Waals surface area (Å²) in [5, 5.41) is 5.68. The van der Waals surface area contributed by atoms with E-state index in [0.717, 1.165) is 5.71 Å². The van der Waals surface area contributed by atoms with Gasteiger partial charge in [0.15, 0.2) is 5.60 Å². The zero-order valence-corrected chi connectivity index (χ0v) is 22.9. The van der Waals surface area contributed by atoms with Crippen LogP contribution in [0, 0.1) is 4.64 Å². The van der Waals surface area contributed by atoms with Gasteiger partial charge in [0.25, 0.3) is 11.8 Å². The molecule has 0 atom stereocenters. The highest BCUT2D eigenvalue weighted by Gasteiger charge is 2.63. The SMILES string of the molecule is CCOc1ccc2c(c1C(=O)Nc1c[nH]c(=S)cc1C(=O)NC13CCC(C(F)(F)F)(CC1)OC3)SCC(C)=N2. The Labute approximate surface area is 232 Å². The summed E-state index contributed by atoms with van der Waals surface area (Å²) in [6.45, 7) is 3.83. The Kier molecular flexibility index (Phi) is 7.27. The van der Waals surface area contributed by atoms with Crippen LogP contribution in [-0.2, 0) is 4.74 Å². The number of thioether (sulfide) groups is 1. The van der Waals surface area contributed by atoms with Crippen molar-refractivity contribution in [3.63, 3.8) is 0 Å². The van der Waals surface area contributed by atoms with E-state index in [2.05, 4.69) is 20.6 Å². The number of pyridine rings is 1. The molecule has 2 bridgehead atoms. The Morgan fingerprint density at radius 2 is 1.97 bits per heavy atom. The van der Waals surface area contributed by atoms with Crippen molar-refractivity contribution in [3.05, 3.63) is 40.2 Å². The molecule has 0 spiro atoms. The third kappa shape index (κ3) is 5.19. The minimum atomic E-state index is -4.47. The number of nitrogens with zero attached hydrogens (tertiary/aromatic N) is 1. The lowest BCUT2D eigenvalue weighted by Gasteiger charge is -2.53. The summed E-state index contributed by atoms with van der Waals surface area (Å²) in [6, 6.07) is 4.91. The molecule has 3 fully saturated rings. The first kappa shape index (κ1) is 27.7. The molecule has 0 unspecified atom stereocenters. The van der Waals surface area contributed by atoms with E-state index < -0.39 is 29.1 Å². The van der Waals surface area contributed by atoms with Crippen LogP contribution in [-0.4, -0.2) is 58.8 Å². The third-order valence-electron chi connectivity index (χ3n) is 7.31. The quantitative estimate of drug-likeness (QED) is 0.364. The maximum Gasteiger partial charge on any atom is 0.417 e. The molecule has 3 N–H and O–H groups in total. The number of fused-ring (bicyclic) bond motifs is 4. The summed E-state index contributed by atoms with van der Waals surface area (Å²) in [5.74, 6) is -0.0529. The zero-order valence-electron chi connectivity index (χ0n) is 21.3. The van der Waals surface area contributed by atoms with E-state index >= 15 is 0 Å². The molecule has 39 heavy (non-hydrogen) atoms. The number of ether oxygens (including phenoxy) is 2. The molecule has 208 valence electrons. The predicted octanol–water partition coefficient (Wildman–Crippen LogP) is 5.97. The first-order chi connectivity index (χ1) is 18.5. The van der Waals surface area contributed by atoms with Crippen LogP contribution in [0.1, 0.15) is 60.2 Å². The Bertz CT molecular complexity index is 1400. The number of halogens is 3. The Balaban J connectivity index is 1.41. The minimum absolute atomic E-state index is 0.0870. The summed E-state index contributed by atoms with van der Waals surface area (Å²) in [6.07, 6.45) is -3.24. The highest BCUT2D eigenvalue weighted by molar-refractivity contribution is 8.00. The van der Waals surface area contributed by atoms with Gasteiger partial charge in [0.1, 0.15) is 10.4 Å². The average molecular weight is 581 g/mol. The van der Waals surface area contributed by atoms with Crippen LogP contribution in [0.25, 0.3) is 0 Å². The first-order valence-corrected chi connectivity index (χ1v) is 13.9. The number of hydrogen-bond acceptors (Lipinski definition) is 7. The van der Waals surface area contributed by atoms with Gasteiger partial charge in [0.05, 0.1) is 41.3 Å². The summed E-state index contributed by atoms with van der Waals surface area (Å²) in [5.41, 5.74) is -0.935. The van der Waals surface area contributed by atoms with Crippen molar-refractivity contribution in [2.75, 3.05) is 24.3 Å². The van der Waals surface area contributed by atoms with Gasteiger partial charge in [-0.1, -0.05) is 12.2 Å². The zero-order chi connectivity index (χ0) is 28.0. The van der Waals surface area contributed by atoms with E-state index in [4.69, 9.17) is 21.7 Å². The number of aliphatic imine (C=N–C) groups is 1. The Morgan fingerprint density at radius 3 is 2.62 bits per heavy atom. The number of aromatic nitrogens is 1. The van der Waals surface area contributed by atoms with Crippen LogP contribution in [0.3, 0.4) is 0 Å². The van der Waals surface area contributed by atoms with Gasteiger partial charge in [-0.15, -0.1) is 11.8 Å². The molecule has 1 saturated carbocycles. The normalized spacial score (nSPS) is 24.0. The topological polar surface area (TPSA) is 105 Å². The van der Waals surface area contributed by atoms with Crippen molar-refractivity contribution in [1.29, 1.82) is 0 Å². The molecular weight excluding hydrogens is 553 g/mol. The van der Waals surface area contributed by atoms with Crippen LogP contribution in [0.15, 0.2) is 34.3 Å². The standard InChI is InChI=1S/C26H27F3N4O4S2/c1-3-36-18-5-4-16-21(39-12-14(2)31-16)20(18)23(35)32-17-11-30-19(38)10-15(17)22(34)33-24-6-8-25(9-7-24,37-13-24)26(27,28)29/h4-5,10-11H,3,6-9,12-13H2,1-2H3,(H,30,38)(H,32,35)(H,33,34). The van der Waals surface area contributed by atoms with Crippen molar-refractivity contribution in [1.82, 2.24) is 10.3 Å². The summed E-state index contributed by atoms with van der Waals surface area (Å²) >= 11 is 6.70. The van der Waals surface area contributed by atoms with Crippen LogP contribution >= 0.6 is 24.0 Å². The number of carbonyl (C=O) groups excluding carboxylic acids is 2. The summed E-state index contributed by atoms with van der Waals surface area (Å²) in [4.78, 5) is 35.1. The highest BCUT2D eigenvalue weighted by atomic mass is 32.2. The minimum Gasteiger partial charge on any atom is -0.493 e. The average Bonchev–Trinajstić information content (AvgIpc) is 2.90. The number of hydrogen-bond donors (Lipinski definition) is 3. The Hall–Kier alpha value is -2.90. The van der Waals surface area contributed by atoms with Crippen molar-refractivity contribution in [3.8, 4) is 5.75 Å². The van der Waals surface area contributed by atoms with Gasteiger partial charge in [-0.25, -0.2) is 0 Å². The number of benzene rings is 1. The number of rotatable bonds is 6. The largest absolute Gasteiger partial charge is 0.493 e. The van der Waals surface area contributed by atoms with Crippen LogP contribution in [0.2, 0.25) is 0 Å². The molecule has 1 aliphatic carbocycles. The molecule has 1 aromatic carbocycles. The molecule has 4 aliphatic rings. The molecule has 6 rings (SSSR count). The fourth-order valence-electron chi connectivity index (χ4n) is 5.17. The van der Waals surface area contributed by atoms with Gasteiger partial charge in [-0.05, 0) is 57.7 Å². The lowest BCUT2D eigenvalue weighted by molar-refractivity contribution is -0.317. The van der Waals surface area contributed by atoms with Crippen molar-refractivity contribution in [2.45, 2.75) is 61.7 Å². The van der Waals surface area contributed by atoms with E-state index in [1.807, 2.05) is 13.8 Å². The molecule has 4 heterocycles. The van der Waals surface area contributed by atoms with E-state index in [-0.39, 0.29) is 48.2 Å². The second kappa shape index (κ2) is 10.3. The van der Waals surface area contributed by atoms with Crippen LogP contribution in [0.5, 0.6) is 5.75 Å². The maximum atomic E-state index is 13.6. The second-order valence-corrected chi connectivity index (χ2v) is 11.4. The Morgan fingerprint density at radius 1 is 1.23 bits per heavy atom. The number of carbonyl (C=O) groups is 2. The molecule has 8 nitrogen and oxygen atoms in total. The lowest BCUT2D eigenvalue weighted by atomic mass is 9.70. The molecule has 3 aliphatic heterocycles. The van der Waals surface area contributed by atoms with Crippen LogP contribution in [0.4, 0.5) is 24.5 Å². The fraction of sp³-hybridized carbons (Fsp3) is 0.462. The molecule has 1 aromatic heterocycles. The van der Waals surface area contributed by atoms with Gasteiger partial charge in [-0.3, -0.25) is 14.6 Å². The number of nitrogens with one attached hydrogen (secondary N) is 3. The maximum absolute atomic E-state index is 13.6. The number of anilines is 1. The second-order valence-electron chi connectivity index (χ2n) is 9.95. The number of amides is 2. The van der Waals surface area contributed by atoms with E-state index in [9.17, 15) is 22.8 Å². The molecule has 2 amide bonds. The predicted molar refractivity (Wildman–Crippen MR) is 144 cm³/mol. The summed E-state index contributed by atoms with van der Waals surface area (Å²) in [7, 11) is 0. The van der Waals surface area contributed by atoms with E-state index in [0.29, 0.717) is 34.3 Å². The van der Waals surface area contributed by atoms with Crippen molar-refractivity contribution in [2.24, 2.45) is 4.99 Å². The molecule has 2 aromatic rings. The van der Waals surface area contributed by atoms with Crippen molar-refractivity contribution < 1.29 is 32.2 Å². The van der Waals surface area contributed by atoms with Crippen LogP contribution < -0.4 is 15.4 Å². The number of alkyl halides is 3. The first-order valence-electron chi connectivity index (χ1n) is 12.5. The molecule has 0 radical (unpaired) electrons. The molecule has 13 heteroatoms.